The highest BCUT2D eigenvalue weighted by atomic mass is 16.3. The molecule has 1 heterocycles. The van der Waals surface area contributed by atoms with E-state index in [0.717, 1.165) is 57.5 Å². The number of rotatable bonds is 7. The van der Waals surface area contributed by atoms with E-state index in [1.807, 2.05) is 37.3 Å². The lowest BCUT2D eigenvalue weighted by molar-refractivity contribution is 0.126. The van der Waals surface area contributed by atoms with Crippen molar-refractivity contribution in [2.45, 2.75) is 39.2 Å². The summed E-state index contributed by atoms with van der Waals surface area (Å²) in [5.74, 6) is 1.25. The van der Waals surface area contributed by atoms with Gasteiger partial charge < -0.3 is 10.0 Å². The lowest BCUT2D eigenvalue weighted by atomic mass is 9.92. The van der Waals surface area contributed by atoms with Crippen molar-refractivity contribution >= 4 is 5.84 Å². The van der Waals surface area contributed by atoms with Gasteiger partial charge in [-0.1, -0.05) is 43.7 Å². The summed E-state index contributed by atoms with van der Waals surface area (Å²) in [6.07, 6.45) is 2.76. The van der Waals surface area contributed by atoms with E-state index in [0.29, 0.717) is 11.8 Å². The first-order valence-corrected chi connectivity index (χ1v) is 8.85. The Balaban J connectivity index is 1.74. The molecule has 0 amide bonds. The van der Waals surface area contributed by atoms with Crippen LogP contribution in [0.1, 0.15) is 44.8 Å². The quantitative estimate of drug-likeness (QED) is 0.600. The minimum atomic E-state index is -0.349. The second-order valence-corrected chi connectivity index (χ2v) is 6.64. The summed E-state index contributed by atoms with van der Waals surface area (Å²) in [5.41, 5.74) is 1.03. The van der Waals surface area contributed by atoms with E-state index >= 15 is 0 Å². The van der Waals surface area contributed by atoms with Crippen molar-refractivity contribution in [1.82, 2.24) is 9.80 Å². The topological polar surface area (TPSA) is 50.6 Å². The minimum Gasteiger partial charge on any atom is -0.388 e. The van der Waals surface area contributed by atoms with Crippen molar-refractivity contribution in [1.29, 1.82) is 5.41 Å². The molecule has 1 aromatic carbocycles. The van der Waals surface area contributed by atoms with Crippen LogP contribution >= 0.6 is 0 Å². The van der Waals surface area contributed by atoms with Gasteiger partial charge in [-0.3, -0.25) is 10.3 Å². The molecule has 0 radical (unpaired) electrons. The Morgan fingerprint density at radius 1 is 1.17 bits per heavy atom. The molecular weight excluding hydrogens is 286 g/mol. The number of hydrogen-bond donors (Lipinski definition) is 2. The number of nitrogens with one attached hydrogen (secondary N) is 1. The van der Waals surface area contributed by atoms with Gasteiger partial charge in [-0.25, -0.2) is 0 Å². The summed E-state index contributed by atoms with van der Waals surface area (Å²) in [6.45, 7) is 9.23. The fraction of sp³-hybridized carbons (Fsp3) is 0.632. The molecular formula is C19H31N3O. The van der Waals surface area contributed by atoms with Crippen LogP contribution < -0.4 is 0 Å². The van der Waals surface area contributed by atoms with Crippen LogP contribution in [0, 0.1) is 11.3 Å². The first-order chi connectivity index (χ1) is 11.1. The Labute approximate surface area is 140 Å². The molecule has 2 unspecified atom stereocenters. The average Bonchev–Trinajstić information content (AvgIpc) is 2.59. The predicted molar refractivity (Wildman–Crippen MR) is 95.8 cm³/mol. The number of nitrogens with zero attached hydrogens (tertiary/aromatic N) is 2. The summed E-state index contributed by atoms with van der Waals surface area (Å²) < 4.78 is 0. The number of amidine groups is 1. The van der Waals surface area contributed by atoms with Crippen molar-refractivity contribution in [3.05, 3.63) is 35.9 Å². The van der Waals surface area contributed by atoms with Gasteiger partial charge in [0, 0.05) is 26.2 Å². The number of aliphatic hydroxyl groups excluding tert-OH is 1. The van der Waals surface area contributed by atoms with E-state index in [-0.39, 0.29) is 6.10 Å². The number of piperazine rings is 1. The normalized spacial score (nSPS) is 18.7. The SMILES string of the molecule is CCC(CCN1CCN(C(C)=N)CC1)CC(O)c1ccccc1. The molecule has 1 aliphatic heterocycles. The molecule has 0 bridgehead atoms. The zero-order valence-corrected chi connectivity index (χ0v) is 14.5. The minimum absolute atomic E-state index is 0.349. The third-order valence-electron chi connectivity index (χ3n) is 5.02. The van der Waals surface area contributed by atoms with Gasteiger partial charge in [0.2, 0.25) is 0 Å². The first kappa shape index (κ1) is 18.0. The number of hydrogen-bond acceptors (Lipinski definition) is 3. The van der Waals surface area contributed by atoms with E-state index in [2.05, 4.69) is 16.7 Å². The first-order valence-electron chi connectivity index (χ1n) is 8.85. The fourth-order valence-corrected chi connectivity index (χ4v) is 3.29. The Bertz CT molecular complexity index is 469. The predicted octanol–water partition coefficient (Wildman–Crippen LogP) is 3.14. The smallest absolute Gasteiger partial charge is 0.0926 e. The third kappa shape index (κ3) is 5.63. The molecule has 128 valence electrons. The van der Waals surface area contributed by atoms with Gasteiger partial charge in [0.25, 0.3) is 0 Å². The van der Waals surface area contributed by atoms with Crippen LogP contribution in [0.3, 0.4) is 0 Å². The molecule has 1 aromatic rings. The van der Waals surface area contributed by atoms with Crippen molar-refractivity contribution < 1.29 is 5.11 Å². The van der Waals surface area contributed by atoms with Crippen LogP contribution in [0.15, 0.2) is 30.3 Å². The van der Waals surface area contributed by atoms with Crippen LogP contribution in [-0.4, -0.2) is 53.5 Å². The fourth-order valence-electron chi connectivity index (χ4n) is 3.29. The summed E-state index contributed by atoms with van der Waals surface area (Å²) in [6, 6.07) is 9.99. The van der Waals surface area contributed by atoms with E-state index in [4.69, 9.17) is 5.41 Å². The van der Waals surface area contributed by atoms with Gasteiger partial charge in [0.1, 0.15) is 0 Å². The van der Waals surface area contributed by atoms with Crippen LogP contribution in [0.25, 0.3) is 0 Å². The van der Waals surface area contributed by atoms with Crippen LogP contribution in [0.2, 0.25) is 0 Å². The molecule has 1 fully saturated rings. The number of aliphatic hydroxyl groups is 1. The van der Waals surface area contributed by atoms with Crippen LogP contribution in [-0.2, 0) is 0 Å². The molecule has 23 heavy (non-hydrogen) atoms. The Kier molecular flexibility index (Phi) is 7.06. The molecule has 0 spiro atoms. The lowest BCUT2D eigenvalue weighted by Crippen LogP contribution is -2.48. The number of benzene rings is 1. The van der Waals surface area contributed by atoms with E-state index < -0.39 is 0 Å². The van der Waals surface area contributed by atoms with Crippen molar-refractivity contribution in [2.75, 3.05) is 32.7 Å². The zero-order valence-electron chi connectivity index (χ0n) is 14.5. The van der Waals surface area contributed by atoms with Gasteiger partial charge in [0.05, 0.1) is 11.9 Å². The standard InChI is InChI=1S/C19H31N3O/c1-3-17(15-19(23)18-7-5-4-6-8-18)9-10-21-11-13-22(14-12-21)16(2)20/h4-8,17,19-20,23H,3,9-15H2,1-2H3. The Hall–Kier alpha value is -1.39. The maximum Gasteiger partial charge on any atom is 0.0926 e. The molecule has 4 nitrogen and oxygen atoms in total. The molecule has 0 saturated carbocycles. The van der Waals surface area contributed by atoms with E-state index in [1.54, 1.807) is 0 Å². The van der Waals surface area contributed by atoms with Gasteiger partial charge in [0.15, 0.2) is 0 Å². The average molecular weight is 317 g/mol. The maximum atomic E-state index is 10.4. The summed E-state index contributed by atoms with van der Waals surface area (Å²) in [4.78, 5) is 4.64. The molecule has 1 aliphatic rings. The Morgan fingerprint density at radius 2 is 1.83 bits per heavy atom. The van der Waals surface area contributed by atoms with Crippen molar-refractivity contribution in [3.63, 3.8) is 0 Å². The van der Waals surface area contributed by atoms with Gasteiger partial charge >= 0.3 is 0 Å². The largest absolute Gasteiger partial charge is 0.388 e. The van der Waals surface area contributed by atoms with Crippen LogP contribution in [0.4, 0.5) is 0 Å². The van der Waals surface area contributed by atoms with Gasteiger partial charge in [-0.2, -0.15) is 0 Å². The van der Waals surface area contributed by atoms with Crippen molar-refractivity contribution in [3.8, 4) is 0 Å². The molecule has 0 aliphatic carbocycles. The van der Waals surface area contributed by atoms with E-state index in [9.17, 15) is 5.11 Å². The second kappa shape index (κ2) is 9.04. The van der Waals surface area contributed by atoms with Gasteiger partial charge in [-0.05, 0) is 37.8 Å². The second-order valence-electron chi connectivity index (χ2n) is 6.64. The zero-order chi connectivity index (χ0) is 16.7. The maximum absolute atomic E-state index is 10.4. The van der Waals surface area contributed by atoms with E-state index in [1.165, 1.54) is 0 Å². The lowest BCUT2D eigenvalue weighted by Gasteiger charge is -2.36. The highest BCUT2D eigenvalue weighted by Crippen LogP contribution is 2.25. The Morgan fingerprint density at radius 3 is 2.39 bits per heavy atom. The van der Waals surface area contributed by atoms with Crippen molar-refractivity contribution in [2.24, 2.45) is 5.92 Å². The molecule has 2 atom stereocenters. The summed E-state index contributed by atoms with van der Waals surface area (Å²) >= 11 is 0. The highest BCUT2D eigenvalue weighted by molar-refractivity contribution is 5.76. The molecule has 4 heteroatoms. The van der Waals surface area contributed by atoms with Crippen LogP contribution in [0.5, 0.6) is 0 Å². The third-order valence-corrected chi connectivity index (χ3v) is 5.02. The summed E-state index contributed by atoms with van der Waals surface area (Å²) in [5, 5.41) is 18.1. The summed E-state index contributed by atoms with van der Waals surface area (Å²) in [7, 11) is 0. The highest BCUT2D eigenvalue weighted by Gasteiger charge is 2.19. The van der Waals surface area contributed by atoms with Gasteiger partial charge in [-0.15, -0.1) is 0 Å². The molecule has 2 rings (SSSR count). The molecule has 2 N–H and O–H groups in total. The molecule has 1 saturated heterocycles. The molecule has 0 aromatic heterocycles. The monoisotopic (exact) mass is 317 g/mol.